The number of aliphatic carboxylic acids is 1. The lowest BCUT2D eigenvalue weighted by Gasteiger charge is -2.44. The summed E-state index contributed by atoms with van der Waals surface area (Å²) < 4.78 is 11.6. The molecule has 2 heterocycles. The molecular formula is C38H52O10S. The van der Waals surface area contributed by atoms with Crippen molar-refractivity contribution in [2.24, 2.45) is 0 Å². The highest BCUT2D eigenvalue weighted by atomic mass is 32.2. The van der Waals surface area contributed by atoms with Crippen LogP contribution in [0.2, 0.25) is 0 Å². The number of hydrogen-bond acceptors (Lipinski definition) is 10. The predicted octanol–water partition coefficient (Wildman–Crippen LogP) is 5.13. The number of aliphatic hydroxyl groups excluding tert-OH is 1. The van der Waals surface area contributed by atoms with Crippen LogP contribution in [0.25, 0.3) is 0 Å². The number of carbonyl (C=O) groups excluding carboxylic acids is 3. The van der Waals surface area contributed by atoms with Crippen LogP contribution in [0.1, 0.15) is 95.6 Å². The Balaban J connectivity index is 0.00000319. The van der Waals surface area contributed by atoms with Gasteiger partial charge in [-0.25, -0.2) is 0 Å². The Labute approximate surface area is 293 Å². The molecule has 0 saturated carbocycles. The van der Waals surface area contributed by atoms with Crippen LogP contribution < -0.4 is 0 Å². The van der Waals surface area contributed by atoms with Crippen molar-refractivity contribution in [2.45, 2.75) is 119 Å². The zero-order valence-corrected chi connectivity index (χ0v) is 29.5. The summed E-state index contributed by atoms with van der Waals surface area (Å²) in [4.78, 5) is 44.3. The average Bonchev–Trinajstić information content (AvgIpc) is 3.07. The van der Waals surface area contributed by atoms with Gasteiger partial charge in [-0.15, -0.1) is 0 Å². The fourth-order valence-electron chi connectivity index (χ4n) is 7.22. The minimum atomic E-state index is -1.63. The van der Waals surface area contributed by atoms with E-state index in [4.69, 9.17) is 14.3 Å². The molecule has 0 amide bonds. The van der Waals surface area contributed by atoms with Crippen molar-refractivity contribution in [1.82, 2.24) is 0 Å². The number of carboxylic acids is 1. The van der Waals surface area contributed by atoms with Crippen molar-refractivity contribution < 1.29 is 49.1 Å². The van der Waals surface area contributed by atoms with E-state index in [-0.39, 0.29) is 25.7 Å². The van der Waals surface area contributed by atoms with E-state index in [2.05, 4.69) is 6.92 Å². The van der Waals surface area contributed by atoms with E-state index in [0.717, 1.165) is 54.7 Å². The molecule has 4 N–H and O–H groups in total. The van der Waals surface area contributed by atoms with Crippen LogP contribution >= 0.6 is 11.8 Å². The van der Waals surface area contributed by atoms with Gasteiger partial charge in [0, 0.05) is 23.7 Å². The van der Waals surface area contributed by atoms with Crippen molar-refractivity contribution >= 4 is 36.5 Å². The van der Waals surface area contributed by atoms with Crippen LogP contribution in [0.3, 0.4) is 0 Å². The first-order valence-corrected chi connectivity index (χ1v) is 18.1. The summed E-state index contributed by atoms with van der Waals surface area (Å²) in [6.45, 7) is 5.63. The predicted molar refractivity (Wildman–Crippen MR) is 187 cm³/mol. The molecule has 2 aromatic carbocycles. The molecule has 4 rings (SSSR count). The van der Waals surface area contributed by atoms with E-state index < -0.39 is 65.2 Å². The Bertz CT molecular complexity index is 1350. The van der Waals surface area contributed by atoms with E-state index >= 15 is 0 Å². The monoisotopic (exact) mass is 700 g/mol. The van der Waals surface area contributed by atoms with E-state index in [1.165, 1.54) is 0 Å². The molecule has 270 valence electrons. The van der Waals surface area contributed by atoms with Crippen LogP contribution in [0.4, 0.5) is 0 Å². The lowest BCUT2D eigenvalue weighted by atomic mass is 9.69. The summed E-state index contributed by atoms with van der Waals surface area (Å²) in [7, 11) is 0. The summed E-state index contributed by atoms with van der Waals surface area (Å²) in [5, 5.41) is 40.9. The van der Waals surface area contributed by atoms with Crippen molar-refractivity contribution in [3.8, 4) is 0 Å². The number of ether oxygens (including phenoxy) is 2. The topological polar surface area (TPSA) is 168 Å². The Morgan fingerprint density at radius 2 is 1.18 bits per heavy atom. The standard InChI is InChI=1S/C37H50O9S.CH2O/c1-34(27-13-5-3-6-14-27,29-21-36(43,23-31(39)40)24-32(41)45-29)17-9-11-19-47-20-12-10-18-35(2,28-15-7-4-8-16-28)30-22-37(44,26-38)25-33(42)46-30;1-2/h3-8,13-16,29-30,38,43-44H,9-12,17-26H2,1-2H3,(H,39,40);1H2. The normalized spacial score (nSPS) is 26.2. The molecule has 10 nitrogen and oxygen atoms in total. The van der Waals surface area contributed by atoms with E-state index in [9.17, 15) is 34.8 Å². The van der Waals surface area contributed by atoms with Crippen LogP contribution in [0.15, 0.2) is 60.7 Å². The van der Waals surface area contributed by atoms with Gasteiger partial charge in [0.25, 0.3) is 0 Å². The molecule has 2 aromatic rings. The Hall–Kier alpha value is -3.25. The van der Waals surface area contributed by atoms with Crippen molar-refractivity contribution in [3.63, 3.8) is 0 Å². The molecule has 2 fully saturated rings. The number of carbonyl (C=O) groups is 4. The van der Waals surface area contributed by atoms with Gasteiger partial charge >= 0.3 is 17.9 Å². The Morgan fingerprint density at radius 3 is 1.59 bits per heavy atom. The second-order valence-corrected chi connectivity index (χ2v) is 15.2. The molecule has 2 saturated heterocycles. The number of thioether (sulfide) groups is 1. The van der Waals surface area contributed by atoms with E-state index in [1.807, 2.05) is 86.1 Å². The Morgan fingerprint density at radius 1 is 0.776 bits per heavy atom. The molecule has 0 aromatic heterocycles. The zero-order chi connectivity index (χ0) is 36.1. The third kappa shape index (κ3) is 10.9. The SMILES string of the molecule is C=O.CC(CCCCSCCCCC(C)(c1ccccc1)C1CC(O)(CC(=O)O)CC(=O)O1)(c1ccccc1)C1CC(O)(CO)CC(=O)O1. The van der Waals surface area contributed by atoms with Gasteiger partial charge in [0.15, 0.2) is 0 Å². The number of carboxylic acid groups (broad SMARTS) is 1. The second-order valence-electron chi connectivity index (χ2n) is 14.0. The highest BCUT2D eigenvalue weighted by Gasteiger charge is 2.49. The van der Waals surface area contributed by atoms with E-state index in [0.29, 0.717) is 6.42 Å². The maximum absolute atomic E-state index is 12.5. The van der Waals surface area contributed by atoms with Crippen molar-refractivity contribution in [1.29, 1.82) is 0 Å². The van der Waals surface area contributed by atoms with Crippen LogP contribution in [-0.4, -0.2) is 86.6 Å². The summed E-state index contributed by atoms with van der Waals surface area (Å²) in [5.41, 5.74) is -2.16. The van der Waals surface area contributed by atoms with Crippen molar-refractivity contribution in [2.75, 3.05) is 18.1 Å². The number of hydrogen-bond donors (Lipinski definition) is 4. The minimum absolute atomic E-state index is 0.0758. The third-order valence-electron chi connectivity index (χ3n) is 10.2. The van der Waals surface area contributed by atoms with Crippen LogP contribution in [0.5, 0.6) is 0 Å². The molecule has 0 radical (unpaired) electrons. The van der Waals surface area contributed by atoms with Gasteiger partial charge in [0.2, 0.25) is 0 Å². The molecule has 0 spiro atoms. The van der Waals surface area contributed by atoms with Gasteiger partial charge in [-0.05, 0) is 48.3 Å². The fourth-order valence-corrected chi connectivity index (χ4v) is 8.24. The molecule has 0 bridgehead atoms. The average molecular weight is 701 g/mol. The maximum Gasteiger partial charge on any atom is 0.309 e. The third-order valence-corrected chi connectivity index (χ3v) is 11.3. The molecule has 11 heteroatoms. The number of aliphatic hydroxyl groups is 3. The summed E-state index contributed by atoms with van der Waals surface area (Å²) >= 11 is 1.88. The largest absolute Gasteiger partial charge is 0.481 e. The zero-order valence-electron chi connectivity index (χ0n) is 28.7. The second kappa shape index (κ2) is 18.1. The minimum Gasteiger partial charge on any atom is -0.481 e. The first-order chi connectivity index (χ1) is 23.3. The molecule has 49 heavy (non-hydrogen) atoms. The molecule has 0 aliphatic carbocycles. The number of cyclic esters (lactones) is 2. The van der Waals surface area contributed by atoms with Crippen LogP contribution in [0, 0.1) is 0 Å². The molecule has 6 unspecified atom stereocenters. The fraction of sp³-hybridized carbons (Fsp3) is 0.579. The quantitative estimate of drug-likeness (QED) is 0.128. The number of rotatable bonds is 17. The smallest absolute Gasteiger partial charge is 0.309 e. The lowest BCUT2D eigenvalue weighted by Crippen LogP contribution is -2.52. The van der Waals surface area contributed by atoms with Gasteiger partial charge in [0.05, 0.1) is 31.5 Å². The van der Waals surface area contributed by atoms with Gasteiger partial charge in [0.1, 0.15) is 24.6 Å². The van der Waals surface area contributed by atoms with Crippen LogP contribution in [-0.2, 0) is 39.5 Å². The summed E-state index contributed by atoms with van der Waals surface area (Å²) in [6.07, 6.45) is 3.24. The Kier molecular flexibility index (Phi) is 14.9. The lowest BCUT2D eigenvalue weighted by molar-refractivity contribution is -0.182. The summed E-state index contributed by atoms with van der Waals surface area (Å²) in [5.74, 6) is -0.282. The highest BCUT2D eigenvalue weighted by molar-refractivity contribution is 7.99. The van der Waals surface area contributed by atoms with Gasteiger partial charge in [-0.2, -0.15) is 11.8 Å². The first kappa shape index (κ1) is 40.2. The molecule has 2 aliphatic rings. The maximum atomic E-state index is 12.5. The molecule has 2 aliphatic heterocycles. The number of unbranched alkanes of at least 4 members (excludes halogenated alkanes) is 2. The number of benzene rings is 2. The van der Waals surface area contributed by atoms with Gasteiger partial charge < -0.3 is 34.7 Å². The van der Waals surface area contributed by atoms with E-state index in [1.54, 1.807) is 0 Å². The highest BCUT2D eigenvalue weighted by Crippen LogP contribution is 2.43. The number of esters is 2. The first-order valence-electron chi connectivity index (χ1n) is 16.9. The molecule has 6 atom stereocenters. The summed E-state index contributed by atoms with van der Waals surface area (Å²) in [6, 6.07) is 19.7. The van der Waals surface area contributed by atoms with Gasteiger partial charge in [-0.1, -0.05) is 87.4 Å². The van der Waals surface area contributed by atoms with Crippen molar-refractivity contribution in [3.05, 3.63) is 71.8 Å². The van der Waals surface area contributed by atoms with Gasteiger partial charge in [-0.3, -0.25) is 14.4 Å². The molecular weight excluding hydrogens is 648 g/mol.